The van der Waals surface area contributed by atoms with E-state index in [9.17, 15) is 4.79 Å². The molecule has 0 saturated carbocycles. The monoisotopic (exact) mass is 230 g/mol. The fourth-order valence-electron chi connectivity index (χ4n) is 1.78. The van der Waals surface area contributed by atoms with Crippen molar-refractivity contribution in [1.29, 1.82) is 0 Å². The summed E-state index contributed by atoms with van der Waals surface area (Å²) in [4.78, 5) is 11.4. The molecule has 0 aromatic rings. The van der Waals surface area contributed by atoms with Crippen LogP contribution < -0.4 is 0 Å². The predicted molar refractivity (Wildman–Crippen MR) is 65.4 cm³/mol. The number of hydrogen-bond donors (Lipinski definition) is 0. The molecule has 0 saturated heterocycles. The van der Waals surface area contributed by atoms with Gasteiger partial charge in [0.2, 0.25) is 0 Å². The maximum Gasteiger partial charge on any atom is 0.508 e. The third-order valence-corrected chi connectivity index (χ3v) is 2.20. The van der Waals surface area contributed by atoms with Gasteiger partial charge in [-0.3, -0.25) is 0 Å². The molecule has 0 amide bonds. The summed E-state index contributed by atoms with van der Waals surface area (Å²) in [6.45, 7) is 12.2. The Morgan fingerprint density at radius 1 is 0.812 bits per heavy atom. The maximum atomic E-state index is 11.4. The highest BCUT2D eigenvalue weighted by Gasteiger charge is 2.15. The molecule has 96 valence electrons. The van der Waals surface area contributed by atoms with E-state index in [-0.39, 0.29) is 12.2 Å². The first kappa shape index (κ1) is 15.3. The molecule has 2 atom stereocenters. The minimum absolute atomic E-state index is 0.0706. The van der Waals surface area contributed by atoms with Crippen LogP contribution >= 0.6 is 0 Å². The zero-order valence-electron chi connectivity index (χ0n) is 11.4. The third kappa shape index (κ3) is 8.57. The van der Waals surface area contributed by atoms with Crippen LogP contribution in [0.5, 0.6) is 0 Å². The van der Waals surface area contributed by atoms with Crippen molar-refractivity contribution in [2.75, 3.05) is 0 Å². The minimum Gasteiger partial charge on any atom is -0.431 e. The van der Waals surface area contributed by atoms with Gasteiger partial charge in [-0.25, -0.2) is 4.79 Å². The van der Waals surface area contributed by atoms with E-state index >= 15 is 0 Å². The van der Waals surface area contributed by atoms with Crippen molar-refractivity contribution in [1.82, 2.24) is 0 Å². The van der Waals surface area contributed by atoms with Gasteiger partial charge in [0, 0.05) is 0 Å². The normalized spacial score (nSPS) is 15.0. The molecule has 0 aromatic heterocycles. The van der Waals surface area contributed by atoms with Gasteiger partial charge in [0.05, 0.1) is 0 Å². The smallest absolute Gasteiger partial charge is 0.431 e. The highest BCUT2D eigenvalue weighted by Crippen LogP contribution is 2.11. The molecule has 0 rings (SSSR count). The first-order valence-corrected chi connectivity index (χ1v) is 6.18. The fourth-order valence-corrected chi connectivity index (χ4v) is 1.78. The lowest BCUT2D eigenvalue weighted by Crippen LogP contribution is -2.22. The van der Waals surface area contributed by atoms with E-state index in [1.54, 1.807) is 0 Å². The third-order valence-electron chi connectivity index (χ3n) is 2.20. The van der Waals surface area contributed by atoms with E-state index in [1.807, 2.05) is 13.8 Å². The Balaban J connectivity index is 3.80. The second-order valence-electron chi connectivity index (χ2n) is 5.37. The van der Waals surface area contributed by atoms with Gasteiger partial charge in [-0.1, -0.05) is 27.7 Å². The molecule has 0 radical (unpaired) electrons. The highest BCUT2D eigenvalue weighted by atomic mass is 16.7. The van der Waals surface area contributed by atoms with Crippen molar-refractivity contribution in [2.24, 2.45) is 11.8 Å². The second kappa shape index (κ2) is 7.53. The van der Waals surface area contributed by atoms with Crippen molar-refractivity contribution < 1.29 is 14.3 Å². The van der Waals surface area contributed by atoms with Crippen molar-refractivity contribution in [3.05, 3.63) is 0 Å². The molecule has 0 aliphatic heterocycles. The Bertz CT molecular complexity index is 179. The van der Waals surface area contributed by atoms with Crippen LogP contribution in [-0.4, -0.2) is 18.4 Å². The molecular formula is C13H26O3. The molecule has 3 heteroatoms. The van der Waals surface area contributed by atoms with Crippen LogP contribution in [0, 0.1) is 11.8 Å². The number of hydrogen-bond acceptors (Lipinski definition) is 3. The lowest BCUT2D eigenvalue weighted by atomic mass is 10.1. The van der Waals surface area contributed by atoms with Crippen LogP contribution in [0.2, 0.25) is 0 Å². The summed E-state index contributed by atoms with van der Waals surface area (Å²) in [5.74, 6) is 1.05. The molecule has 2 unspecified atom stereocenters. The van der Waals surface area contributed by atoms with Crippen LogP contribution in [0.3, 0.4) is 0 Å². The van der Waals surface area contributed by atoms with Crippen molar-refractivity contribution in [3.8, 4) is 0 Å². The van der Waals surface area contributed by atoms with Crippen molar-refractivity contribution in [2.45, 2.75) is 66.6 Å². The van der Waals surface area contributed by atoms with Crippen LogP contribution in [0.4, 0.5) is 4.79 Å². The predicted octanol–water partition coefficient (Wildman–Crippen LogP) is 4.01. The molecule has 3 nitrogen and oxygen atoms in total. The van der Waals surface area contributed by atoms with Crippen LogP contribution in [-0.2, 0) is 9.47 Å². The Kier molecular flexibility index (Phi) is 7.18. The lowest BCUT2D eigenvalue weighted by Gasteiger charge is -2.18. The number of ether oxygens (including phenoxy) is 2. The van der Waals surface area contributed by atoms with Crippen molar-refractivity contribution >= 4 is 6.16 Å². The molecule has 0 aromatic carbocycles. The summed E-state index contributed by atoms with van der Waals surface area (Å²) in [6.07, 6.45) is 1.06. The standard InChI is InChI=1S/C13H26O3/c1-9(2)7-11(5)15-13(14)16-12(6)8-10(3)4/h9-12H,7-8H2,1-6H3. The SMILES string of the molecule is CC(C)CC(C)OC(=O)OC(C)CC(C)C. The van der Waals surface area contributed by atoms with Gasteiger partial charge in [-0.2, -0.15) is 0 Å². The molecule has 0 heterocycles. The first-order valence-electron chi connectivity index (χ1n) is 6.18. The topological polar surface area (TPSA) is 35.5 Å². The summed E-state index contributed by atoms with van der Waals surface area (Å²) < 4.78 is 10.3. The molecule has 0 aliphatic carbocycles. The average molecular weight is 230 g/mol. The van der Waals surface area contributed by atoms with Gasteiger partial charge in [-0.15, -0.1) is 0 Å². The lowest BCUT2D eigenvalue weighted by molar-refractivity contribution is -0.00153. The van der Waals surface area contributed by atoms with Gasteiger partial charge < -0.3 is 9.47 Å². The van der Waals surface area contributed by atoms with Crippen LogP contribution in [0.1, 0.15) is 54.4 Å². The first-order chi connectivity index (χ1) is 7.31. The molecule has 0 N–H and O–H groups in total. The van der Waals surface area contributed by atoms with E-state index in [4.69, 9.17) is 9.47 Å². The summed E-state index contributed by atoms with van der Waals surface area (Å²) in [7, 11) is 0. The van der Waals surface area contributed by atoms with E-state index < -0.39 is 6.16 Å². The summed E-state index contributed by atoms with van der Waals surface area (Å²) in [5, 5.41) is 0. The summed E-state index contributed by atoms with van der Waals surface area (Å²) in [6, 6.07) is 0. The summed E-state index contributed by atoms with van der Waals surface area (Å²) in [5.41, 5.74) is 0. The highest BCUT2D eigenvalue weighted by molar-refractivity contribution is 5.60. The van der Waals surface area contributed by atoms with Gasteiger partial charge >= 0.3 is 6.16 Å². The van der Waals surface area contributed by atoms with Gasteiger partial charge in [-0.05, 0) is 38.5 Å². The molecule has 0 bridgehead atoms. The number of carbonyl (C=O) groups excluding carboxylic acids is 1. The Morgan fingerprint density at radius 3 is 1.38 bits per heavy atom. The molecule has 0 spiro atoms. The van der Waals surface area contributed by atoms with E-state index in [2.05, 4.69) is 27.7 Å². The van der Waals surface area contributed by atoms with Gasteiger partial charge in [0.1, 0.15) is 12.2 Å². The Labute approximate surface area is 99.5 Å². The zero-order chi connectivity index (χ0) is 12.7. The average Bonchev–Trinajstić information content (AvgIpc) is 1.97. The fraction of sp³-hybridized carbons (Fsp3) is 0.923. The number of rotatable bonds is 6. The molecule has 0 fully saturated rings. The van der Waals surface area contributed by atoms with Crippen LogP contribution in [0.25, 0.3) is 0 Å². The summed E-state index contributed by atoms with van der Waals surface area (Å²) >= 11 is 0. The van der Waals surface area contributed by atoms with Gasteiger partial charge in [0.25, 0.3) is 0 Å². The second-order valence-corrected chi connectivity index (χ2v) is 5.37. The van der Waals surface area contributed by atoms with Crippen LogP contribution in [0.15, 0.2) is 0 Å². The largest absolute Gasteiger partial charge is 0.508 e. The van der Waals surface area contributed by atoms with E-state index in [0.717, 1.165) is 12.8 Å². The number of carbonyl (C=O) groups is 1. The molecular weight excluding hydrogens is 204 g/mol. The zero-order valence-corrected chi connectivity index (χ0v) is 11.4. The quantitative estimate of drug-likeness (QED) is 0.647. The minimum atomic E-state index is -0.540. The van der Waals surface area contributed by atoms with Crippen molar-refractivity contribution in [3.63, 3.8) is 0 Å². The Morgan fingerprint density at radius 2 is 1.12 bits per heavy atom. The van der Waals surface area contributed by atoms with E-state index in [0.29, 0.717) is 11.8 Å². The van der Waals surface area contributed by atoms with E-state index in [1.165, 1.54) is 0 Å². The Hall–Kier alpha value is -0.730. The molecule has 16 heavy (non-hydrogen) atoms. The van der Waals surface area contributed by atoms with Gasteiger partial charge in [0.15, 0.2) is 0 Å². The maximum absolute atomic E-state index is 11.4. The molecule has 0 aliphatic rings.